The second-order valence-corrected chi connectivity index (χ2v) is 4.92. The molecule has 0 aromatic heterocycles. The maximum Gasteiger partial charge on any atom is 0.387 e. The lowest BCUT2D eigenvalue weighted by atomic mass is 9.95. The van der Waals surface area contributed by atoms with Crippen LogP contribution in [0, 0.1) is 0 Å². The average Bonchev–Trinajstić information content (AvgIpc) is 2.46. The Bertz CT molecular complexity index is 617. The van der Waals surface area contributed by atoms with Crippen molar-refractivity contribution in [2.45, 2.75) is 19.6 Å². The molecule has 1 atom stereocenters. The molecule has 22 heavy (non-hydrogen) atoms. The molecule has 2 N–H and O–H groups in total. The first kappa shape index (κ1) is 16.2. The summed E-state index contributed by atoms with van der Waals surface area (Å²) in [4.78, 5) is 12.0. The van der Waals surface area contributed by atoms with Crippen molar-refractivity contribution in [1.82, 2.24) is 10.6 Å². The van der Waals surface area contributed by atoms with Gasteiger partial charge in [-0.25, -0.2) is 4.79 Å². The van der Waals surface area contributed by atoms with Gasteiger partial charge in [0.2, 0.25) is 0 Å². The van der Waals surface area contributed by atoms with Crippen LogP contribution in [0.15, 0.2) is 35.5 Å². The van der Waals surface area contributed by atoms with E-state index in [1.807, 2.05) is 0 Å². The maximum atomic E-state index is 12.2. The van der Waals surface area contributed by atoms with Gasteiger partial charge in [-0.15, -0.1) is 0 Å². The summed E-state index contributed by atoms with van der Waals surface area (Å²) in [5.41, 5.74) is 1.62. The Labute approximate surface area is 131 Å². The molecule has 0 bridgehead atoms. The number of allylic oxidation sites excluding steroid dienone is 1. The third kappa shape index (κ3) is 3.51. The molecule has 8 heteroatoms. The van der Waals surface area contributed by atoms with E-state index in [1.54, 1.807) is 19.1 Å². The summed E-state index contributed by atoms with van der Waals surface area (Å²) in [5, 5.41) is 6.18. The number of thiocarbonyl (C=S) groups is 1. The van der Waals surface area contributed by atoms with Crippen LogP contribution in [0.25, 0.3) is 0 Å². The van der Waals surface area contributed by atoms with Crippen molar-refractivity contribution in [3.63, 3.8) is 0 Å². The van der Waals surface area contributed by atoms with E-state index < -0.39 is 18.6 Å². The number of alkyl halides is 2. The van der Waals surface area contributed by atoms with Gasteiger partial charge in [-0.3, -0.25) is 0 Å². The average molecular weight is 328 g/mol. The van der Waals surface area contributed by atoms with E-state index in [2.05, 4.69) is 15.4 Å². The van der Waals surface area contributed by atoms with E-state index in [9.17, 15) is 13.6 Å². The molecule has 0 radical (unpaired) electrons. The number of nitrogens with one attached hydrogen (secondary N) is 2. The predicted molar refractivity (Wildman–Crippen MR) is 79.4 cm³/mol. The van der Waals surface area contributed by atoms with Gasteiger partial charge in [-0.05, 0) is 36.8 Å². The molecule has 1 heterocycles. The van der Waals surface area contributed by atoms with Gasteiger partial charge in [0.25, 0.3) is 0 Å². The normalized spacial score (nSPS) is 17.9. The standard InChI is InChI=1S/C14H14F2N2O3S/c1-7-10(12(19)20-2)11(18-14(22)17-7)8-3-5-9(6-4-8)21-13(15)16/h3-6,11,13H,1-2H3,(H2,17,18,22)/t11-/m0/s1. The fourth-order valence-corrected chi connectivity index (χ4v) is 2.44. The minimum absolute atomic E-state index is 0.0376. The van der Waals surface area contributed by atoms with Crippen LogP contribution >= 0.6 is 12.2 Å². The molecule has 1 aliphatic rings. The fraction of sp³-hybridized carbons (Fsp3) is 0.286. The molecule has 5 nitrogen and oxygen atoms in total. The molecule has 1 aromatic rings. The van der Waals surface area contributed by atoms with Crippen molar-refractivity contribution in [2.75, 3.05) is 7.11 Å². The highest BCUT2D eigenvalue weighted by molar-refractivity contribution is 7.80. The summed E-state index contributed by atoms with van der Waals surface area (Å²) >= 11 is 5.09. The van der Waals surface area contributed by atoms with Crippen molar-refractivity contribution < 1.29 is 23.0 Å². The monoisotopic (exact) mass is 328 g/mol. The number of methoxy groups -OCH3 is 1. The molecular weight excluding hydrogens is 314 g/mol. The highest BCUT2D eigenvalue weighted by Gasteiger charge is 2.30. The summed E-state index contributed by atoms with van der Waals surface area (Å²) in [6.07, 6.45) is 0. The van der Waals surface area contributed by atoms with Crippen LogP contribution in [0.4, 0.5) is 8.78 Å². The van der Waals surface area contributed by atoms with Crippen LogP contribution in [0.2, 0.25) is 0 Å². The minimum atomic E-state index is -2.89. The minimum Gasteiger partial charge on any atom is -0.466 e. The summed E-state index contributed by atoms with van der Waals surface area (Å²) in [5.74, 6) is -0.464. The van der Waals surface area contributed by atoms with Crippen LogP contribution in [0.3, 0.4) is 0 Å². The lowest BCUT2D eigenvalue weighted by Crippen LogP contribution is -2.45. The smallest absolute Gasteiger partial charge is 0.387 e. The van der Waals surface area contributed by atoms with Crippen LogP contribution in [-0.4, -0.2) is 24.8 Å². The number of hydrogen-bond acceptors (Lipinski definition) is 4. The highest BCUT2D eigenvalue weighted by Crippen LogP contribution is 2.29. The van der Waals surface area contributed by atoms with Crippen molar-refractivity contribution >= 4 is 23.3 Å². The zero-order chi connectivity index (χ0) is 16.3. The molecule has 0 unspecified atom stereocenters. The number of halogens is 2. The van der Waals surface area contributed by atoms with Crippen LogP contribution in [0.1, 0.15) is 18.5 Å². The zero-order valence-corrected chi connectivity index (χ0v) is 12.7. The largest absolute Gasteiger partial charge is 0.466 e. The highest BCUT2D eigenvalue weighted by atomic mass is 32.1. The first-order valence-electron chi connectivity index (χ1n) is 6.33. The van der Waals surface area contributed by atoms with Crippen molar-refractivity contribution in [3.8, 4) is 5.75 Å². The fourth-order valence-electron chi connectivity index (χ4n) is 2.17. The Morgan fingerprint density at radius 3 is 2.50 bits per heavy atom. The van der Waals surface area contributed by atoms with Gasteiger partial charge in [0.15, 0.2) is 5.11 Å². The number of rotatable bonds is 4. The molecular formula is C14H14F2N2O3S. The van der Waals surface area contributed by atoms with E-state index in [1.165, 1.54) is 19.2 Å². The lowest BCUT2D eigenvalue weighted by Gasteiger charge is -2.29. The SMILES string of the molecule is COC(=O)C1=C(C)NC(=S)N[C@H]1c1ccc(OC(F)F)cc1. The molecule has 118 valence electrons. The Balaban J connectivity index is 2.33. The van der Waals surface area contributed by atoms with Crippen LogP contribution in [-0.2, 0) is 9.53 Å². The summed E-state index contributed by atoms with van der Waals surface area (Å²) in [6.45, 7) is -1.18. The van der Waals surface area contributed by atoms with Crippen LogP contribution in [0.5, 0.6) is 5.75 Å². The van der Waals surface area contributed by atoms with Gasteiger partial charge in [-0.1, -0.05) is 12.1 Å². The quantitative estimate of drug-likeness (QED) is 0.653. The molecule has 2 rings (SSSR count). The molecule has 1 aromatic carbocycles. The molecule has 0 saturated carbocycles. The molecule has 0 aliphatic carbocycles. The van der Waals surface area contributed by atoms with E-state index in [-0.39, 0.29) is 5.75 Å². The summed E-state index contributed by atoms with van der Waals surface area (Å²) < 4.78 is 33.4. The number of ether oxygens (including phenoxy) is 2. The third-order valence-corrected chi connectivity index (χ3v) is 3.33. The Morgan fingerprint density at radius 2 is 1.95 bits per heavy atom. The number of carbonyl (C=O) groups excluding carboxylic acids is 1. The topological polar surface area (TPSA) is 59.6 Å². The van der Waals surface area contributed by atoms with Gasteiger partial charge < -0.3 is 20.1 Å². The first-order chi connectivity index (χ1) is 10.4. The number of hydrogen-bond donors (Lipinski definition) is 2. The Hall–Kier alpha value is -2.22. The number of esters is 1. The van der Waals surface area contributed by atoms with Gasteiger partial charge in [0.05, 0.1) is 18.7 Å². The van der Waals surface area contributed by atoms with Gasteiger partial charge >= 0.3 is 12.6 Å². The zero-order valence-electron chi connectivity index (χ0n) is 11.9. The lowest BCUT2D eigenvalue weighted by molar-refractivity contribution is -0.136. The number of carbonyl (C=O) groups is 1. The Kier molecular flexibility index (Phi) is 4.92. The van der Waals surface area contributed by atoms with Crippen molar-refractivity contribution in [3.05, 3.63) is 41.1 Å². The molecule has 1 aliphatic heterocycles. The van der Waals surface area contributed by atoms with Gasteiger partial charge in [-0.2, -0.15) is 8.78 Å². The summed E-state index contributed by atoms with van der Waals surface area (Å²) in [6, 6.07) is 5.44. The maximum absolute atomic E-state index is 12.2. The van der Waals surface area contributed by atoms with Gasteiger partial charge in [0.1, 0.15) is 5.75 Å². The van der Waals surface area contributed by atoms with Gasteiger partial charge in [0, 0.05) is 5.70 Å². The van der Waals surface area contributed by atoms with E-state index in [0.717, 1.165) is 0 Å². The van der Waals surface area contributed by atoms with E-state index in [4.69, 9.17) is 17.0 Å². The van der Waals surface area contributed by atoms with E-state index >= 15 is 0 Å². The molecule has 0 spiro atoms. The number of benzene rings is 1. The molecule has 0 amide bonds. The first-order valence-corrected chi connectivity index (χ1v) is 6.74. The summed E-state index contributed by atoms with van der Waals surface area (Å²) in [7, 11) is 1.28. The molecule has 0 fully saturated rings. The third-order valence-electron chi connectivity index (χ3n) is 3.11. The second kappa shape index (κ2) is 6.69. The Morgan fingerprint density at radius 1 is 1.32 bits per heavy atom. The van der Waals surface area contributed by atoms with Crippen LogP contribution < -0.4 is 15.4 Å². The second-order valence-electron chi connectivity index (χ2n) is 4.51. The predicted octanol–water partition coefficient (Wildman–Crippen LogP) is 2.25. The van der Waals surface area contributed by atoms with Crippen molar-refractivity contribution in [2.24, 2.45) is 0 Å². The van der Waals surface area contributed by atoms with Crippen molar-refractivity contribution in [1.29, 1.82) is 0 Å². The molecule has 0 saturated heterocycles. The van der Waals surface area contributed by atoms with E-state index in [0.29, 0.717) is 21.9 Å².